The lowest BCUT2D eigenvalue weighted by Gasteiger charge is -2.47. The van der Waals surface area contributed by atoms with E-state index in [-0.39, 0.29) is 29.9 Å². The van der Waals surface area contributed by atoms with Crippen LogP contribution < -0.4 is 0 Å². The zero-order chi connectivity index (χ0) is 22.4. The number of carbonyl (C=O) groups is 2. The molecular weight excluding hydrogens is 410 g/mol. The van der Waals surface area contributed by atoms with Crippen molar-refractivity contribution in [2.45, 2.75) is 63.6 Å². The van der Waals surface area contributed by atoms with E-state index in [1.54, 1.807) is 0 Å². The molecule has 0 aromatic heterocycles. The van der Waals surface area contributed by atoms with Gasteiger partial charge in [0.05, 0.1) is 0 Å². The van der Waals surface area contributed by atoms with Gasteiger partial charge in [0.15, 0.2) is 5.78 Å². The van der Waals surface area contributed by atoms with E-state index in [2.05, 4.69) is 24.3 Å². The third-order valence-electron chi connectivity index (χ3n) is 7.90. The van der Waals surface area contributed by atoms with Crippen molar-refractivity contribution in [2.24, 2.45) is 5.92 Å². The first kappa shape index (κ1) is 20.5. The Morgan fingerprint density at radius 3 is 2.33 bits per heavy atom. The topological polar surface area (TPSA) is 46.6 Å². The van der Waals surface area contributed by atoms with Crippen molar-refractivity contribution in [3.63, 3.8) is 0 Å². The number of benzene rings is 3. The smallest absolute Gasteiger partial charge is 0.410 e. The van der Waals surface area contributed by atoms with E-state index in [1.807, 2.05) is 41.3 Å². The fourth-order valence-corrected chi connectivity index (χ4v) is 6.37. The van der Waals surface area contributed by atoms with Crippen LogP contribution in [0, 0.1) is 5.92 Å². The number of Topliss-reactive ketones (excluding diaryl/α,β-unsaturated/α-hetero) is 1. The number of rotatable bonds is 4. The van der Waals surface area contributed by atoms with Gasteiger partial charge in [0.25, 0.3) is 0 Å². The summed E-state index contributed by atoms with van der Waals surface area (Å²) in [6.45, 7) is 0.290. The number of hydrogen-bond donors (Lipinski definition) is 0. The third-order valence-corrected chi connectivity index (χ3v) is 7.90. The van der Waals surface area contributed by atoms with E-state index in [4.69, 9.17) is 4.74 Å². The number of ether oxygens (including phenoxy) is 1. The molecule has 2 bridgehead atoms. The van der Waals surface area contributed by atoms with E-state index in [1.165, 1.54) is 16.5 Å². The van der Waals surface area contributed by atoms with Crippen LogP contribution in [-0.4, -0.2) is 28.9 Å². The summed E-state index contributed by atoms with van der Waals surface area (Å²) < 4.78 is 5.68. The number of piperidine rings is 2. The molecule has 3 aromatic rings. The van der Waals surface area contributed by atoms with Gasteiger partial charge in [-0.1, -0.05) is 60.7 Å². The quantitative estimate of drug-likeness (QED) is 0.462. The van der Waals surface area contributed by atoms with Gasteiger partial charge in [-0.05, 0) is 72.4 Å². The fourth-order valence-electron chi connectivity index (χ4n) is 6.37. The summed E-state index contributed by atoms with van der Waals surface area (Å²) in [6.07, 6.45) is 6.38. The van der Waals surface area contributed by atoms with Crippen LogP contribution in [0.4, 0.5) is 4.79 Å². The summed E-state index contributed by atoms with van der Waals surface area (Å²) >= 11 is 0. The molecular formula is C29H29NO3. The van der Waals surface area contributed by atoms with E-state index >= 15 is 0 Å². The van der Waals surface area contributed by atoms with Crippen molar-refractivity contribution in [2.75, 3.05) is 0 Å². The molecule has 33 heavy (non-hydrogen) atoms. The van der Waals surface area contributed by atoms with Crippen LogP contribution in [0.2, 0.25) is 0 Å². The van der Waals surface area contributed by atoms with Gasteiger partial charge in [-0.2, -0.15) is 0 Å². The monoisotopic (exact) mass is 439 g/mol. The van der Waals surface area contributed by atoms with Gasteiger partial charge in [0.1, 0.15) is 6.61 Å². The van der Waals surface area contributed by atoms with E-state index in [0.717, 1.165) is 61.5 Å². The zero-order valence-electron chi connectivity index (χ0n) is 18.8. The Morgan fingerprint density at radius 2 is 1.58 bits per heavy atom. The molecule has 3 aromatic carbocycles. The number of aryl methyl sites for hydroxylation is 2. The molecule has 0 saturated carbocycles. The number of ketones is 1. The number of nitrogens with zero attached hydrogens (tertiary/aromatic N) is 1. The molecule has 6 rings (SSSR count). The van der Waals surface area contributed by atoms with Crippen molar-refractivity contribution in [3.8, 4) is 0 Å². The van der Waals surface area contributed by atoms with Crippen LogP contribution >= 0.6 is 0 Å². The Balaban J connectivity index is 1.21. The summed E-state index contributed by atoms with van der Waals surface area (Å²) in [5.41, 5.74) is 4.59. The molecule has 2 fully saturated rings. The average molecular weight is 440 g/mol. The Hall–Kier alpha value is -3.14. The molecule has 1 amide bonds. The lowest BCUT2D eigenvalue weighted by atomic mass is 9.75. The second-order valence-corrected chi connectivity index (χ2v) is 9.83. The number of fused-ring (bicyclic) bond motifs is 2. The molecule has 2 atom stereocenters. The summed E-state index contributed by atoms with van der Waals surface area (Å²) in [6, 6.07) is 20.6. The minimum Gasteiger partial charge on any atom is -0.445 e. The SMILES string of the molecule is O=C(c1ccc2c3c(cccc13)CC2)C1CC2CCCC(C1)N2C(=O)OCc1ccccc1. The van der Waals surface area contributed by atoms with Gasteiger partial charge in [-0.25, -0.2) is 4.79 Å². The Labute approximate surface area is 194 Å². The third kappa shape index (κ3) is 3.62. The molecule has 4 nitrogen and oxygen atoms in total. The van der Waals surface area contributed by atoms with E-state index < -0.39 is 0 Å². The Kier molecular flexibility index (Phi) is 5.17. The van der Waals surface area contributed by atoms with Crippen LogP contribution in [0.15, 0.2) is 60.7 Å². The normalized spacial score (nSPS) is 23.5. The minimum atomic E-state index is -0.232. The Morgan fingerprint density at radius 1 is 0.848 bits per heavy atom. The van der Waals surface area contributed by atoms with Crippen LogP contribution in [0.25, 0.3) is 10.8 Å². The second kappa shape index (κ2) is 8.33. The molecule has 0 spiro atoms. The molecule has 0 radical (unpaired) electrons. The van der Waals surface area contributed by atoms with Crippen molar-refractivity contribution >= 4 is 22.6 Å². The lowest BCUT2D eigenvalue weighted by molar-refractivity contribution is 0.00476. The van der Waals surface area contributed by atoms with Crippen molar-refractivity contribution < 1.29 is 14.3 Å². The van der Waals surface area contributed by atoms with Gasteiger partial charge in [-0.15, -0.1) is 0 Å². The summed E-state index contributed by atoms with van der Waals surface area (Å²) in [5.74, 6) is 0.219. The predicted molar refractivity (Wildman–Crippen MR) is 128 cm³/mol. The molecule has 0 N–H and O–H groups in total. The van der Waals surface area contributed by atoms with Crippen molar-refractivity contribution in [1.82, 2.24) is 4.90 Å². The summed E-state index contributed by atoms with van der Waals surface area (Å²) in [4.78, 5) is 28.7. The van der Waals surface area contributed by atoms with E-state index in [9.17, 15) is 9.59 Å². The first-order valence-corrected chi connectivity index (χ1v) is 12.3. The first-order chi connectivity index (χ1) is 16.2. The second-order valence-electron chi connectivity index (χ2n) is 9.83. The zero-order valence-corrected chi connectivity index (χ0v) is 18.8. The molecule has 2 heterocycles. The van der Waals surface area contributed by atoms with E-state index in [0.29, 0.717) is 6.61 Å². The van der Waals surface area contributed by atoms with Gasteiger partial charge >= 0.3 is 6.09 Å². The Bertz CT molecular complexity index is 1190. The van der Waals surface area contributed by atoms with Gasteiger partial charge < -0.3 is 9.64 Å². The number of hydrogen-bond acceptors (Lipinski definition) is 3. The predicted octanol–water partition coefficient (Wildman–Crippen LogP) is 6.09. The van der Waals surface area contributed by atoms with Crippen LogP contribution in [0.1, 0.15) is 59.2 Å². The molecule has 2 unspecified atom stereocenters. The van der Waals surface area contributed by atoms with Gasteiger partial charge in [0, 0.05) is 23.6 Å². The highest BCUT2D eigenvalue weighted by Gasteiger charge is 2.44. The summed E-state index contributed by atoms with van der Waals surface area (Å²) in [7, 11) is 0. The maximum Gasteiger partial charge on any atom is 0.410 e. The number of carbonyl (C=O) groups excluding carboxylic acids is 2. The van der Waals surface area contributed by atoms with Gasteiger partial charge in [0.2, 0.25) is 0 Å². The largest absolute Gasteiger partial charge is 0.445 e. The maximum atomic E-state index is 13.7. The van der Waals surface area contributed by atoms with Crippen LogP contribution in [0.5, 0.6) is 0 Å². The first-order valence-electron chi connectivity index (χ1n) is 12.3. The molecule has 2 aliphatic heterocycles. The maximum absolute atomic E-state index is 13.7. The van der Waals surface area contributed by atoms with Crippen LogP contribution in [0.3, 0.4) is 0 Å². The fraction of sp³-hybridized carbons (Fsp3) is 0.379. The highest BCUT2D eigenvalue weighted by atomic mass is 16.6. The molecule has 2 saturated heterocycles. The molecule has 168 valence electrons. The lowest BCUT2D eigenvalue weighted by Crippen LogP contribution is -2.55. The van der Waals surface area contributed by atoms with Gasteiger partial charge in [-0.3, -0.25) is 4.79 Å². The summed E-state index contributed by atoms with van der Waals surface area (Å²) in [5, 5.41) is 2.41. The van der Waals surface area contributed by atoms with Crippen LogP contribution in [-0.2, 0) is 24.2 Å². The molecule has 1 aliphatic carbocycles. The highest BCUT2D eigenvalue weighted by Crippen LogP contribution is 2.40. The average Bonchev–Trinajstić information content (AvgIpc) is 3.27. The minimum absolute atomic E-state index is 0.0306. The van der Waals surface area contributed by atoms with Crippen molar-refractivity contribution in [1.29, 1.82) is 0 Å². The standard InChI is InChI=1S/C29H29NO3/c31-28(26-15-14-21-13-12-20-8-4-11-25(26)27(20)21)22-16-23-9-5-10-24(17-22)30(23)29(32)33-18-19-6-2-1-3-7-19/h1-4,6-8,11,14-15,22-24H,5,9-10,12-13,16-18H2. The molecule has 4 heteroatoms. The van der Waals surface area contributed by atoms with Crippen molar-refractivity contribution in [3.05, 3.63) is 82.9 Å². The molecule has 3 aliphatic rings. The number of amides is 1. The highest BCUT2D eigenvalue weighted by molar-refractivity contribution is 6.11.